The Morgan fingerprint density at radius 2 is 0.784 bits per heavy atom. The Balaban J connectivity index is 0.00000374. The second-order valence-electron chi connectivity index (χ2n) is 12.1. The smallest absolute Gasteiger partial charge is 0.657 e. The molecule has 0 unspecified atom stereocenters. The zero-order valence-corrected chi connectivity index (χ0v) is 31.2. The van der Waals surface area contributed by atoms with Gasteiger partial charge in [0.15, 0.2) is 0 Å². The summed E-state index contributed by atoms with van der Waals surface area (Å²) >= 11 is 6.25. The van der Waals surface area contributed by atoms with Crippen molar-refractivity contribution in [2.24, 2.45) is 0 Å². The van der Waals surface area contributed by atoms with Gasteiger partial charge in [-0.3, -0.25) is 0 Å². The number of benzene rings is 4. The molecule has 0 aliphatic carbocycles. The van der Waals surface area contributed by atoms with Crippen LogP contribution in [0.15, 0.2) is 140 Å². The molecular formula is C44H28ClN5Zn. The molecular weight excluding hydrogens is 699 g/mol. The van der Waals surface area contributed by atoms with E-state index in [2.05, 4.69) is 90.3 Å². The van der Waals surface area contributed by atoms with Gasteiger partial charge in [0.05, 0.1) is 22.8 Å². The van der Waals surface area contributed by atoms with Crippen LogP contribution >= 0.6 is 11.6 Å². The Hall–Kier alpha value is -5.81. The van der Waals surface area contributed by atoms with Gasteiger partial charge in [0.2, 0.25) is 0 Å². The first kappa shape index (κ1) is 32.4. The van der Waals surface area contributed by atoms with Crippen LogP contribution < -0.4 is 15.3 Å². The molecule has 0 fully saturated rings. The first-order valence-corrected chi connectivity index (χ1v) is 16.8. The first-order valence-electron chi connectivity index (χ1n) is 16.4. The minimum atomic E-state index is 0. The van der Waals surface area contributed by atoms with Crippen LogP contribution in [0.5, 0.6) is 0 Å². The van der Waals surface area contributed by atoms with Gasteiger partial charge in [0.25, 0.3) is 0 Å². The number of rotatable bonds is 5. The summed E-state index contributed by atoms with van der Waals surface area (Å²) in [6.07, 6.45) is 8.27. The molecule has 2 aliphatic rings. The summed E-state index contributed by atoms with van der Waals surface area (Å²) < 4.78 is 0. The fourth-order valence-electron chi connectivity index (χ4n) is 6.59. The predicted molar refractivity (Wildman–Crippen MR) is 208 cm³/mol. The zero-order valence-electron chi connectivity index (χ0n) is 27.5. The van der Waals surface area contributed by atoms with Gasteiger partial charge < -0.3 is 15.3 Å². The van der Waals surface area contributed by atoms with E-state index >= 15 is 0 Å². The monoisotopic (exact) mass is 725 g/mol. The van der Waals surface area contributed by atoms with E-state index in [-0.39, 0.29) is 19.5 Å². The molecule has 0 amide bonds. The number of aromatic nitrogens is 4. The summed E-state index contributed by atoms with van der Waals surface area (Å²) in [4.78, 5) is 21.1. The molecule has 5 nitrogen and oxygen atoms in total. The number of halogens is 1. The van der Waals surface area contributed by atoms with E-state index in [9.17, 15) is 0 Å². The number of hydrogen-bond acceptors (Lipinski definition) is 3. The Bertz CT molecular complexity index is 2570. The Morgan fingerprint density at radius 1 is 0.412 bits per heavy atom. The maximum atomic E-state index is 6.25. The molecule has 1 N–H and O–H groups in total. The fraction of sp³-hybridized carbons (Fsp3) is 0. The van der Waals surface area contributed by atoms with Crippen molar-refractivity contribution in [3.63, 3.8) is 0 Å². The average molecular weight is 728 g/mol. The number of fused-ring (bicyclic) bond motifs is 8. The maximum absolute atomic E-state index is 6.25. The van der Waals surface area contributed by atoms with Crippen molar-refractivity contribution in [2.75, 3.05) is 5.32 Å². The summed E-state index contributed by atoms with van der Waals surface area (Å²) in [6, 6.07) is 46.9. The van der Waals surface area contributed by atoms with E-state index in [4.69, 9.17) is 31.5 Å². The molecule has 0 spiro atoms. The molecule has 5 heterocycles. The molecule has 238 valence electrons. The van der Waals surface area contributed by atoms with E-state index in [0.717, 1.165) is 89.6 Å². The number of nitrogens with zero attached hydrogens (tertiary/aromatic N) is 4. The number of nitrogens with one attached hydrogen (secondary N) is 1. The third-order valence-electron chi connectivity index (χ3n) is 8.91. The molecule has 0 atom stereocenters. The summed E-state index contributed by atoms with van der Waals surface area (Å²) in [6.45, 7) is 0. The molecule has 7 heteroatoms. The van der Waals surface area contributed by atoms with Crippen LogP contribution in [-0.2, 0) is 19.5 Å². The van der Waals surface area contributed by atoms with Crippen LogP contribution in [0, 0.1) is 0 Å². The predicted octanol–water partition coefficient (Wildman–Crippen LogP) is 11.3. The fourth-order valence-corrected chi connectivity index (χ4v) is 6.72. The van der Waals surface area contributed by atoms with Crippen LogP contribution in [0.2, 0.25) is 5.02 Å². The van der Waals surface area contributed by atoms with Crippen LogP contribution in [0.4, 0.5) is 11.4 Å². The van der Waals surface area contributed by atoms with Gasteiger partial charge in [0, 0.05) is 16.4 Å². The van der Waals surface area contributed by atoms with Gasteiger partial charge >= 0.3 is 19.5 Å². The van der Waals surface area contributed by atoms with E-state index < -0.39 is 0 Å². The molecule has 4 aromatic carbocycles. The summed E-state index contributed by atoms with van der Waals surface area (Å²) in [5.74, 6) is 0. The van der Waals surface area contributed by atoms with Crippen LogP contribution in [0.3, 0.4) is 0 Å². The van der Waals surface area contributed by atoms with Crippen LogP contribution in [0.25, 0.3) is 79.8 Å². The van der Waals surface area contributed by atoms with Crippen LogP contribution in [-0.4, -0.2) is 9.97 Å². The zero-order chi connectivity index (χ0) is 33.4. The van der Waals surface area contributed by atoms with E-state index in [1.807, 2.05) is 78.9 Å². The summed E-state index contributed by atoms with van der Waals surface area (Å²) in [5, 5.41) is 4.28. The van der Waals surface area contributed by atoms with E-state index in [1.54, 1.807) is 0 Å². The minimum Gasteiger partial charge on any atom is -0.657 e. The van der Waals surface area contributed by atoms with Crippen molar-refractivity contribution in [3.05, 3.63) is 167 Å². The molecule has 0 saturated heterocycles. The SMILES string of the molecule is Clc1ccc(Nc2c3nc(c(-c4ccccc4)c4ccc([n-]4)c(-c4ccccc4)c4nc(c(-c5ccccc5)c5ccc2[n-]5)C=C4)C=C3)cc1.[Zn+2]. The molecule has 8 bridgehead atoms. The molecule has 0 saturated carbocycles. The molecule has 2 aliphatic heterocycles. The molecule has 9 rings (SSSR count). The average Bonchev–Trinajstić information content (AvgIpc) is 4.00. The second-order valence-corrected chi connectivity index (χ2v) is 12.5. The third-order valence-corrected chi connectivity index (χ3v) is 9.16. The largest absolute Gasteiger partial charge is 2.00 e. The van der Waals surface area contributed by atoms with Crippen molar-refractivity contribution < 1.29 is 19.5 Å². The van der Waals surface area contributed by atoms with Gasteiger partial charge in [-0.15, -0.1) is 22.1 Å². The van der Waals surface area contributed by atoms with Crippen molar-refractivity contribution in [2.45, 2.75) is 0 Å². The van der Waals surface area contributed by atoms with Gasteiger partial charge in [-0.1, -0.05) is 127 Å². The van der Waals surface area contributed by atoms with Gasteiger partial charge in [-0.05, 0) is 82.0 Å². The van der Waals surface area contributed by atoms with Crippen molar-refractivity contribution >= 4 is 69.3 Å². The third kappa shape index (κ3) is 6.25. The van der Waals surface area contributed by atoms with Gasteiger partial charge in [0.1, 0.15) is 0 Å². The number of hydrogen-bond donors (Lipinski definition) is 1. The molecule has 3 aromatic heterocycles. The maximum Gasteiger partial charge on any atom is 2.00 e. The van der Waals surface area contributed by atoms with E-state index in [0.29, 0.717) is 5.02 Å². The van der Waals surface area contributed by atoms with Crippen molar-refractivity contribution in [1.29, 1.82) is 0 Å². The Labute approximate surface area is 313 Å². The summed E-state index contributed by atoms with van der Waals surface area (Å²) in [5.41, 5.74) is 14.1. The Morgan fingerprint density at radius 3 is 1.24 bits per heavy atom. The van der Waals surface area contributed by atoms with Gasteiger partial charge in [-0.2, -0.15) is 0 Å². The number of anilines is 2. The normalized spacial score (nSPS) is 11.7. The van der Waals surface area contributed by atoms with E-state index in [1.165, 1.54) is 0 Å². The topological polar surface area (TPSA) is 66.0 Å². The van der Waals surface area contributed by atoms with Crippen LogP contribution in [0.1, 0.15) is 22.8 Å². The molecule has 0 radical (unpaired) electrons. The molecule has 7 aromatic rings. The van der Waals surface area contributed by atoms with Crippen molar-refractivity contribution in [3.8, 4) is 33.4 Å². The van der Waals surface area contributed by atoms with Gasteiger partial charge in [-0.25, -0.2) is 9.97 Å². The first-order chi connectivity index (χ1) is 24.7. The van der Waals surface area contributed by atoms with Crippen molar-refractivity contribution in [1.82, 2.24) is 19.9 Å². The quantitative estimate of drug-likeness (QED) is 0.179. The minimum absolute atomic E-state index is 0. The molecule has 51 heavy (non-hydrogen) atoms. The second kappa shape index (κ2) is 13.8. The Kier molecular flexibility index (Phi) is 8.79. The summed E-state index contributed by atoms with van der Waals surface area (Å²) in [7, 11) is 0. The standard InChI is InChI=1S/C44H28ClN5.Zn/c45-31-16-18-32(19-17-31)46-44-39-26-24-37(49-39)42(29-12-6-2-7-13-29)35-22-20-33(47-35)41(28-10-4-1-5-11-28)34-21-23-36(48-34)43(30-14-8-3-9-15-30)38-25-27-40(44)50-38;/h1-27,46H;/q-2;+2.